The third-order valence-corrected chi connectivity index (χ3v) is 7.53. The molecule has 4 heterocycles. The maximum Gasteiger partial charge on any atom is 0.321 e. The third-order valence-electron chi connectivity index (χ3n) is 7.53. The Morgan fingerprint density at radius 1 is 0.973 bits per heavy atom. The molecule has 3 aromatic rings. The summed E-state index contributed by atoms with van der Waals surface area (Å²) in [6.07, 6.45) is 7.16. The van der Waals surface area contributed by atoms with Crippen molar-refractivity contribution in [1.29, 1.82) is 0 Å². The zero-order chi connectivity index (χ0) is 25.8. The van der Waals surface area contributed by atoms with Gasteiger partial charge in [-0.25, -0.2) is 9.78 Å². The number of nitrogens with zero attached hydrogens (tertiary/aromatic N) is 7. The molecular weight excluding hydrogens is 468 g/mol. The van der Waals surface area contributed by atoms with E-state index in [1.807, 2.05) is 64.9 Å². The topological polar surface area (TPSA) is 91.5 Å². The minimum atomic E-state index is -0.123. The summed E-state index contributed by atoms with van der Waals surface area (Å²) in [5.74, 6) is 1.55. The summed E-state index contributed by atoms with van der Waals surface area (Å²) in [5, 5.41) is 7.40. The second-order valence-electron chi connectivity index (χ2n) is 10.0. The van der Waals surface area contributed by atoms with E-state index in [4.69, 9.17) is 0 Å². The number of aromatic nitrogens is 4. The molecule has 2 aromatic heterocycles. The van der Waals surface area contributed by atoms with E-state index in [0.29, 0.717) is 37.8 Å². The van der Waals surface area contributed by atoms with Crippen molar-refractivity contribution < 1.29 is 9.59 Å². The second-order valence-corrected chi connectivity index (χ2v) is 10.0. The molecule has 3 amide bonds. The predicted octanol–water partition coefficient (Wildman–Crippen LogP) is 3.22. The van der Waals surface area contributed by atoms with E-state index < -0.39 is 0 Å². The van der Waals surface area contributed by atoms with Crippen LogP contribution < -0.4 is 10.2 Å². The number of hydrogen-bond acceptors (Lipinski definition) is 5. The van der Waals surface area contributed by atoms with Crippen molar-refractivity contribution in [2.24, 2.45) is 13.0 Å². The Bertz CT molecular complexity index is 1200. The van der Waals surface area contributed by atoms with Crippen molar-refractivity contribution in [1.82, 2.24) is 29.1 Å². The van der Waals surface area contributed by atoms with E-state index in [0.717, 1.165) is 37.6 Å². The Hall–Kier alpha value is -3.82. The van der Waals surface area contributed by atoms with Crippen LogP contribution in [0.2, 0.25) is 0 Å². The van der Waals surface area contributed by atoms with Gasteiger partial charge in [0.25, 0.3) is 5.91 Å². The number of nitrogens with one attached hydrogen (secondary N) is 1. The standard InChI is InChI=1S/C27H36N8O2/c1-21-28-20-35(30-21)15-11-22-9-13-32(14-10-22)24-7-5-23(6-8-24)29-27(37)34-18-16-33(17-19-34)26(36)25-4-3-12-31(25)2/h3-8,12,20,22H,9-11,13-19H2,1-2H3,(H,29,37). The maximum atomic E-state index is 12.8. The molecule has 37 heavy (non-hydrogen) atoms. The summed E-state index contributed by atoms with van der Waals surface area (Å²) in [4.78, 5) is 35.7. The van der Waals surface area contributed by atoms with Crippen LogP contribution in [0.4, 0.5) is 16.2 Å². The highest BCUT2D eigenvalue weighted by Gasteiger charge is 2.26. The molecule has 2 aliphatic heterocycles. The number of hydrogen-bond donors (Lipinski definition) is 1. The molecule has 10 heteroatoms. The Labute approximate surface area is 217 Å². The first-order valence-corrected chi connectivity index (χ1v) is 13.1. The second kappa shape index (κ2) is 11.1. The van der Waals surface area contributed by atoms with Gasteiger partial charge in [0.15, 0.2) is 0 Å². The molecule has 196 valence electrons. The van der Waals surface area contributed by atoms with Crippen LogP contribution in [0.25, 0.3) is 0 Å². The van der Waals surface area contributed by atoms with E-state index in [2.05, 4.69) is 32.4 Å². The Morgan fingerprint density at radius 3 is 2.30 bits per heavy atom. The van der Waals surface area contributed by atoms with Gasteiger partial charge in [0, 0.05) is 70.4 Å². The number of urea groups is 1. The third kappa shape index (κ3) is 5.95. The number of rotatable bonds is 6. The fourth-order valence-electron chi connectivity index (χ4n) is 5.21. The van der Waals surface area contributed by atoms with E-state index in [1.165, 1.54) is 18.5 Å². The first-order valence-electron chi connectivity index (χ1n) is 13.1. The number of aryl methyl sites for hydroxylation is 3. The number of piperazine rings is 1. The number of benzene rings is 1. The fraction of sp³-hybridized carbons (Fsp3) is 0.481. The van der Waals surface area contributed by atoms with Crippen LogP contribution in [0.15, 0.2) is 48.9 Å². The van der Waals surface area contributed by atoms with Gasteiger partial charge in [0.1, 0.15) is 17.8 Å². The van der Waals surface area contributed by atoms with Gasteiger partial charge in [-0.3, -0.25) is 9.48 Å². The van der Waals surface area contributed by atoms with Crippen LogP contribution >= 0.6 is 0 Å². The summed E-state index contributed by atoms with van der Waals surface area (Å²) < 4.78 is 3.77. The molecule has 0 bridgehead atoms. The summed E-state index contributed by atoms with van der Waals surface area (Å²) in [7, 11) is 1.87. The lowest BCUT2D eigenvalue weighted by molar-refractivity contribution is 0.0662. The smallest absolute Gasteiger partial charge is 0.321 e. The lowest BCUT2D eigenvalue weighted by Gasteiger charge is -2.35. The van der Waals surface area contributed by atoms with Crippen LogP contribution in [0.3, 0.4) is 0 Å². The minimum Gasteiger partial charge on any atom is -0.372 e. The first kappa shape index (κ1) is 24.9. The Morgan fingerprint density at radius 2 is 1.68 bits per heavy atom. The van der Waals surface area contributed by atoms with Crippen LogP contribution in [-0.4, -0.2) is 80.3 Å². The highest BCUT2D eigenvalue weighted by molar-refractivity contribution is 5.93. The Balaban J connectivity index is 1.05. The van der Waals surface area contributed by atoms with E-state index in [1.54, 1.807) is 4.90 Å². The fourth-order valence-corrected chi connectivity index (χ4v) is 5.21. The van der Waals surface area contributed by atoms with E-state index >= 15 is 0 Å². The molecule has 2 aliphatic rings. The van der Waals surface area contributed by atoms with Crippen molar-refractivity contribution in [2.45, 2.75) is 32.7 Å². The number of carbonyl (C=O) groups is 2. The van der Waals surface area contributed by atoms with Gasteiger partial charge in [-0.15, -0.1) is 0 Å². The summed E-state index contributed by atoms with van der Waals surface area (Å²) >= 11 is 0. The SMILES string of the molecule is Cc1ncn(CCC2CCN(c3ccc(NC(=O)N4CCN(C(=O)c5cccn5C)CC4)cc3)CC2)n1. The molecule has 5 rings (SSSR count). The normalized spacial score (nSPS) is 16.8. The number of amides is 3. The molecular formula is C27H36N8O2. The van der Waals surface area contributed by atoms with Crippen LogP contribution in [0, 0.1) is 12.8 Å². The van der Waals surface area contributed by atoms with Gasteiger partial charge in [-0.1, -0.05) is 0 Å². The highest BCUT2D eigenvalue weighted by Crippen LogP contribution is 2.26. The van der Waals surface area contributed by atoms with Gasteiger partial charge in [-0.2, -0.15) is 5.10 Å². The lowest BCUT2D eigenvalue weighted by atomic mass is 9.93. The number of piperidine rings is 1. The maximum absolute atomic E-state index is 12.8. The first-order chi connectivity index (χ1) is 18.0. The van der Waals surface area contributed by atoms with Crippen molar-refractivity contribution in [2.75, 3.05) is 49.5 Å². The van der Waals surface area contributed by atoms with Crippen molar-refractivity contribution in [3.63, 3.8) is 0 Å². The molecule has 0 spiro atoms. The zero-order valence-corrected chi connectivity index (χ0v) is 21.7. The molecule has 0 atom stereocenters. The highest BCUT2D eigenvalue weighted by atomic mass is 16.2. The number of anilines is 2. The summed E-state index contributed by atoms with van der Waals surface area (Å²) in [6.45, 7) is 7.03. The van der Waals surface area contributed by atoms with Crippen LogP contribution in [-0.2, 0) is 13.6 Å². The van der Waals surface area contributed by atoms with E-state index in [9.17, 15) is 9.59 Å². The average Bonchev–Trinajstić information content (AvgIpc) is 3.55. The molecule has 0 unspecified atom stereocenters. The molecule has 10 nitrogen and oxygen atoms in total. The molecule has 0 radical (unpaired) electrons. The van der Waals surface area contributed by atoms with Crippen molar-refractivity contribution >= 4 is 23.3 Å². The molecule has 1 aromatic carbocycles. The summed E-state index contributed by atoms with van der Waals surface area (Å²) in [5.41, 5.74) is 2.65. The minimum absolute atomic E-state index is 0.0115. The van der Waals surface area contributed by atoms with Crippen molar-refractivity contribution in [3.8, 4) is 0 Å². The van der Waals surface area contributed by atoms with Gasteiger partial charge in [-0.05, 0) is 68.5 Å². The molecule has 2 saturated heterocycles. The van der Waals surface area contributed by atoms with Crippen LogP contribution in [0.1, 0.15) is 35.6 Å². The van der Waals surface area contributed by atoms with Gasteiger partial charge < -0.3 is 24.6 Å². The predicted molar refractivity (Wildman–Crippen MR) is 143 cm³/mol. The largest absolute Gasteiger partial charge is 0.372 e. The zero-order valence-electron chi connectivity index (χ0n) is 21.7. The van der Waals surface area contributed by atoms with Crippen LogP contribution in [0.5, 0.6) is 0 Å². The quantitative estimate of drug-likeness (QED) is 0.557. The van der Waals surface area contributed by atoms with E-state index in [-0.39, 0.29) is 11.9 Å². The van der Waals surface area contributed by atoms with Gasteiger partial charge in [0.2, 0.25) is 0 Å². The molecule has 1 N–H and O–H groups in total. The van der Waals surface area contributed by atoms with Gasteiger partial charge >= 0.3 is 6.03 Å². The number of carbonyl (C=O) groups excluding carboxylic acids is 2. The monoisotopic (exact) mass is 504 g/mol. The average molecular weight is 505 g/mol. The Kier molecular flexibility index (Phi) is 7.43. The molecule has 2 fully saturated rings. The summed E-state index contributed by atoms with van der Waals surface area (Å²) in [6, 6.07) is 11.7. The molecule has 0 saturated carbocycles. The van der Waals surface area contributed by atoms with Gasteiger partial charge in [0.05, 0.1) is 0 Å². The molecule has 0 aliphatic carbocycles. The van der Waals surface area contributed by atoms with Crippen molar-refractivity contribution in [3.05, 3.63) is 60.4 Å². The lowest BCUT2D eigenvalue weighted by Crippen LogP contribution is -2.51.